The molecule has 0 heterocycles. The van der Waals surface area contributed by atoms with Gasteiger partial charge in [0.25, 0.3) is 0 Å². The smallest absolute Gasteiger partial charge is 0.0277 e. The summed E-state index contributed by atoms with van der Waals surface area (Å²) in [5.41, 5.74) is 4.78. The molecule has 0 saturated carbocycles. The third kappa shape index (κ3) is 2.51. The lowest BCUT2D eigenvalue weighted by molar-refractivity contribution is 0.733. The Morgan fingerprint density at radius 2 is 2.00 bits per heavy atom. The van der Waals surface area contributed by atoms with Gasteiger partial charge in [-0.3, -0.25) is 0 Å². The van der Waals surface area contributed by atoms with Crippen LogP contribution in [0.25, 0.3) is 0 Å². The molecule has 0 nitrogen and oxygen atoms in total. The second kappa shape index (κ2) is 4.49. The third-order valence-corrected chi connectivity index (χ3v) is 2.67. The molecule has 68 valence electrons. The van der Waals surface area contributed by atoms with E-state index >= 15 is 0 Å². The number of hydrogen-bond donors (Lipinski definition) is 0. The van der Waals surface area contributed by atoms with Crippen LogP contribution in [0.3, 0.4) is 0 Å². The zero-order valence-electron chi connectivity index (χ0n) is 8.61. The number of allylic oxidation sites excluding steroid dienone is 4. The molecular formula is C12H20. The van der Waals surface area contributed by atoms with Crippen molar-refractivity contribution in [1.82, 2.24) is 0 Å². The van der Waals surface area contributed by atoms with E-state index in [4.69, 9.17) is 0 Å². The highest BCUT2D eigenvalue weighted by Crippen LogP contribution is 2.26. The van der Waals surface area contributed by atoms with E-state index in [0.717, 1.165) is 0 Å². The molecule has 0 aromatic carbocycles. The van der Waals surface area contributed by atoms with E-state index in [1.807, 2.05) is 0 Å². The monoisotopic (exact) mass is 164 g/mol. The molecule has 1 rings (SSSR count). The summed E-state index contributed by atoms with van der Waals surface area (Å²) < 4.78 is 0. The maximum atomic E-state index is 2.36. The van der Waals surface area contributed by atoms with Crippen LogP contribution in [0, 0.1) is 0 Å². The standard InChI is InChI=1S/C12H20/c1-4-5-6-12-8-7-10(2)9-11(12)3/h9H,4-8H2,1-3H3. The quantitative estimate of drug-likeness (QED) is 0.585. The predicted molar refractivity (Wildman–Crippen MR) is 55.2 cm³/mol. The molecular weight excluding hydrogens is 144 g/mol. The van der Waals surface area contributed by atoms with Crippen molar-refractivity contribution in [2.75, 3.05) is 0 Å². The van der Waals surface area contributed by atoms with Crippen molar-refractivity contribution in [3.05, 3.63) is 22.8 Å². The molecule has 0 radical (unpaired) electrons. The fraction of sp³-hybridized carbons (Fsp3) is 0.667. The largest absolute Gasteiger partial charge is 0.0727 e. The Kier molecular flexibility index (Phi) is 3.58. The molecule has 1 aliphatic carbocycles. The fourth-order valence-electron chi connectivity index (χ4n) is 1.80. The minimum atomic E-state index is 1.29. The lowest BCUT2D eigenvalue weighted by Crippen LogP contribution is -1.95. The van der Waals surface area contributed by atoms with Gasteiger partial charge < -0.3 is 0 Å². The van der Waals surface area contributed by atoms with Gasteiger partial charge in [-0.05, 0) is 39.5 Å². The van der Waals surface area contributed by atoms with Crippen molar-refractivity contribution in [3.8, 4) is 0 Å². The minimum absolute atomic E-state index is 1.29. The molecule has 0 spiro atoms. The lowest BCUT2D eigenvalue weighted by Gasteiger charge is -2.15. The summed E-state index contributed by atoms with van der Waals surface area (Å²) in [6, 6.07) is 0. The molecule has 0 aliphatic heterocycles. The summed E-state index contributed by atoms with van der Waals surface area (Å²) >= 11 is 0. The SMILES string of the molecule is CCCCC1=C(C)C=C(C)CC1. The van der Waals surface area contributed by atoms with Gasteiger partial charge in [0.05, 0.1) is 0 Å². The maximum Gasteiger partial charge on any atom is -0.0277 e. The molecule has 0 heteroatoms. The molecule has 0 N–H and O–H groups in total. The minimum Gasteiger partial charge on any atom is -0.0727 e. The Labute approximate surface area is 76.4 Å². The summed E-state index contributed by atoms with van der Waals surface area (Å²) in [5.74, 6) is 0. The summed E-state index contributed by atoms with van der Waals surface area (Å²) in [4.78, 5) is 0. The first kappa shape index (κ1) is 9.57. The van der Waals surface area contributed by atoms with Crippen molar-refractivity contribution >= 4 is 0 Å². The normalized spacial score (nSPS) is 18.1. The highest BCUT2D eigenvalue weighted by Gasteiger charge is 2.06. The first-order chi connectivity index (χ1) is 5.74. The van der Waals surface area contributed by atoms with Crippen LogP contribution in [0.2, 0.25) is 0 Å². The van der Waals surface area contributed by atoms with Crippen molar-refractivity contribution in [2.45, 2.75) is 52.9 Å². The van der Waals surface area contributed by atoms with Crippen molar-refractivity contribution in [1.29, 1.82) is 0 Å². The van der Waals surface area contributed by atoms with Gasteiger partial charge in [-0.2, -0.15) is 0 Å². The third-order valence-electron chi connectivity index (χ3n) is 2.67. The van der Waals surface area contributed by atoms with Crippen LogP contribution in [0.5, 0.6) is 0 Å². The lowest BCUT2D eigenvalue weighted by atomic mass is 9.91. The average Bonchev–Trinajstić information content (AvgIpc) is 2.03. The first-order valence-electron chi connectivity index (χ1n) is 5.10. The summed E-state index contributed by atoms with van der Waals surface area (Å²) in [7, 11) is 0. The average molecular weight is 164 g/mol. The van der Waals surface area contributed by atoms with E-state index in [-0.39, 0.29) is 0 Å². The molecule has 0 bridgehead atoms. The van der Waals surface area contributed by atoms with E-state index in [2.05, 4.69) is 26.8 Å². The van der Waals surface area contributed by atoms with Crippen molar-refractivity contribution < 1.29 is 0 Å². The van der Waals surface area contributed by atoms with Gasteiger partial charge in [0.2, 0.25) is 0 Å². The van der Waals surface area contributed by atoms with E-state index in [1.54, 1.807) is 11.1 Å². The van der Waals surface area contributed by atoms with Gasteiger partial charge >= 0.3 is 0 Å². The van der Waals surface area contributed by atoms with Gasteiger partial charge in [0, 0.05) is 0 Å². The van der Waals surface area contributed by atoms with Crippen LogP contribution < -0.4 is 0 Å². The maximum absolute atomic E-state index is 2.36. The van der Waals surface area contributed by atoms with E-state index in [0.29, 0.717) is 0 Å². The Bertz CT molecular complexity index is 206. The zero-order valence-corrected chi connectivity index (χ0v) is 8.61. The zero-order chi connectivity index (χ0) is 8.97. The topological polar surface area (TPSA) is 0 Å². The molecule has 1 aliphatic rings. The summed E-state index contributed by atoms with van der Waals surface area (Å²) in [5, 5.41) is 0. The molecule has 0 atom stereocenters. The van der Waals surface area contributed by atoms with E-state index in [1.165, 1.54) is 37.7 Å². The molecule has 0 aromatic rings. The molecule has 0 fully saturated rings. The molecule has 0 amide bonds. The number of rotatable bonds is 3. The van der Waals surface area contributed by atoms with E-state index < -0.39 is 0 Å². The van der Waals surface area contributed by atoms with Crippen molar-refractivity contribution in [3.63, 3.8) is 0 Å². The van der Waals surface area contributed by atoms with Crippen LogP contribution in [0.4, 0.5) is 0 Å². The Hall–Kier alpha value is -0.520. The molecule has 12 heavy (non-hydrogen) atoms. The Balaban J connectivity index is 2.56. The summed E-state index contributed by atoms with van der Waals surface area (Å²) in [6.07, 6.45) is 8.96. The van der Waals surface area contributed by atoms with Gasteiger partial charge in [-0.1, -0.05) is 36.1 Å². The van der Waals surface area contributed by atoms with E-state index in [9.17, 15) is 0 Å². The van der Waals surface area contributed by atoms with Gasteiger partial charge in [0.1, 0.15) is 0 Å². The van der Waals surface area contributed by atoms with Crippen LogP contribution in [-0.4, -0.2) is 0 Å². The van der Waals surface area contributed by atoms with Gasteiger partial charge in [-0.25, -0.2) is 0 Å². The van der Waals surface area contributed by atoms with Crippen molar-refractivity contribution in [2.24, 2.45) is 0 Å². The fourth-order valence-corrected chi connectivity index (χ4v) is 1.80. The van der Waals surface area contributed by atoms with Gasteiger partial charge in [-0.15, -0.1) is 0 Å². The van der Waals surface area contributed by atoms with Crippen LogP contribution in [0.15, 0.2) is 22.8 Å². The number of unbranched alkanes of at least 4 members (excludes halogenated alkanes) is 1. The Morgan fingerprint density at radius 3 is 2.58 bits per heavy atom. The first-order valence-corrected chi connectivity index (χ1v) is 5.10. The molecule has 0 aromatic heterocycles. The van der Waals surface area contributed by atoms with Crippen LogP contribution >= 0.6 is 0 Å². The van der Waals surface area contributed by atoms with Crippen LogP contribution in [0.1, 0.15) is 52.9 Å². The number of hydrogen-bond acceptors (Lipinski definition) is 0. The highest BCUT2D eigenvalue weighted by molar-refractivity contribution is 5.31. The second-order valence-corrected chi connectivity index (χ2v) is 3.88. The molecule has 0 unspecified atom stereocenters. The highest BCUT2D eigenvalue weighted by atomic mass is 14.1. The van der Waals surface area contributed by atoms with Crippen LogP contribution in [-0.2, 0) is 0 Å². The predicted octanol–water partition coefficient (Wildman–Crippen LogP) is 4.23. The second-order valence-electron chi connectivity index (χ2n) is 3.88. The Morgan fingerprint density at radius 1 is 1.25 bits per heavy atom. The van der Waals surface area contributed by atoms with Gasteiger partial charge in [0.15, 0.2) is 0 Å². The molecule has 0 saturated heterocycles. The summed E-state index contributed by atoms with van der Waals surface area (Å²) in [6.45, 7) is 6.76.